The summed E-state index contributed by atoms with van der Waals surface area (Å²) in [5, 5.41) is 0.539. The van der Waals surface area contributed by atoms with E-state index in [9.17, 15) is 0 Å². The lowest BCUT2D eigenvalue weighted by molar-refractivity contribution is 0.302. The molecule has 4 heteroatoms. The van der Waals surface area contributed by atoms with Gasteiger partial charge in [0.2, 0.25) is 0 Å². The quantitative estimate of drug-likeness (QED) is 0.806. The molecule has 1 rings (SSSR count). The molecule has 2 N–H and O–H groups in total. The van der Waals surface area contributed by atoms with Gasteiger partial charge in [-0.2, -0.15) is 0 Å². The Morgan fingerprint density at radius 2 is 2.23 bits per heavy atom. The summed E-state index contributed by atoms with van der Waals surface area (Å²) in [6, 6.07) is 5.34. The molecular formula is C9H12ClNO2. The van der Waals surface area contributed by atoms with Crippen molar-refractivity contribution in [2.75, 3.05) is 20.3 Å². The molecule has 0 aliphatic carbocycles. The average Bonchev–Trinajstić information content (AvgIpc) is 2.15. The molecular weight excluding hydrogens is 190 g/mol. The monoisotopic (exact) mass is 201 g/mol. The number of methoxy groups -OCH3 is 1. The van der Waals surface area contributed by atoms with Crippen molar-refractivity contribution in [3.63, 3.8) is 0 Å². The van der Waals surface area contributed by atoms with Crippen LogP contribution in [0.15, 0.2) is 18.2 Å². The van der Waals surface area contributed by atoms with Gasteiger partial charge in [-0.25, -0.2) is 0 Å². The van der Waals surface area contributed by atoms with Crippen molar-refractivity contribution in [1.82, 2.24) is 0 Å². The summed E-state index contributed by atoms with van der Waals surface area (Å²) in [6.45, 7) is 0.923. The van der Waals surface area contributed by atoms with Crippen LogP contribution in [0.1, 0.15) is 0 Å². The lowest BCUT2D eigenvalue weighted by Crippen LogP contribution is -2.11. The van der Waals surface area contributed by atoms with Crippen LogP contribution < -0.4 is 15.2 Å². The normalized spacial score (nSPS) is 9.77. The van der Waals surface area contributed by atoms with Gasteiger partial charge >= 0.3 is 0 Å². The fourth-order valence-corrected chi connectivity index (χ4v) is 1.21. The van der Waals surface area contributed by atoms with E-state index in [1.54, 1.807) is 25.3 Å². The predicted molar refractivity (Wildman–Crippen MR) is 52.6 cm³/mol. The van der Waals surface area contributed by atoms with Crippen LogP contribution in [-0.2, 0) is 0 Å². The highest BCUT2D eigenvalue weighted by molar-refractivity contribution is 6.32. The molecule has 0 aliphatic heterocycles. The van der Waals surface area contributed by atoms with Gasteiger partial charge in [0, 0.05) is 6.54 Å². The van der Waals surface area contributed by atoms with E-state index in [1.165, 1.54) is 0 Å². The minimum absolute atomic E-state index is 0.455. The van der Waals surface area contributed by atoms with E-state index in [4.69, 9.17) is 26.8 Å². The van der Waals surface area contributed by atoms with Crippen molar-refractivity contribution in [1.29, 1.82) is 0 Å². The first-order valence-corrected chi connectivity index (χ1v) is 4.32. The second kappa shape index (κ2) is 4.94. The Bertz CT molecular complexity index is 278. The predicted octanol–water partition coefficient (Wildman–Crippen LogP) is 1.69. The molecule has 0 aliphatic rings. The molecule has 0 amide bonds. The lowest BCUT2D eigenvalue weighted by Gasteiger charge is -2.10. The van der Waals surface area contributed by atoms with Crippen LogP contribution in [0.4, 0.5) is 0 Å². The Hall–Kier alpha value is -0.930. The summed E-state index contributed by atoms with van der Waals surface area (Å²) < 4.78 is 10.4. The van der Waals surface area contributed by atoms with Crippen molar-refractivity contribution in [3.8, 4) is 11.5 Å². The fraction of sp³-hybridized carbons (Fsp3) is 0.333. The highest BCUT2D eigenvalue weighted by atomic mass is 35.5. The maximum Gasteiger partial charge on any atom is 0.179 e. The third kappa shape index (κ3) is 2.50. The van der Waals surface area contributed by atoms with Gasteiger partial charge in [0.25, 0.3) is 0 Å². The smallest absolute Gasteiger partial charge is 0.179 e. The zero-order valence-electron chi connectivity index (χ0n) is 7.42. The molecule has 0 saturated heterocycles. The Kier molecular flexibility index (Phi) is 3.86. The molecule has 0 bridgehead atoms. The number of rotatable bonds is 4. The summed E-state index contributed by atoms with van der Waals surface area (Å²) in [5.41, 5.74) is 5.31. The van der Waals surface area contributed by atoms with Crippen LogP contribution in [0.25, 0.3) is 0 Å². The average molecular weight is 202 g/mol. The third-order valence-corrected chi connectivity index (χ3v) is 1.81. The van der Waals surface area contributed by atoms with Gasteiger partial charge in [0.05, 0.1) is 12.1 Å². The zero-order chi connectivity index (χ0) is 9.68. The van der Waals surface area contributed by atoms with Gasteiger partial charge in [0.15, 0.2) is 11.5 Å². The van der Waals surface area contributed by atoms with Gasteiger partial charge in [0.1, 0.15) is 6.61 Å². The van der Waals surface area contributed by atoms with E-state index in [2.05, 4.69) is 0 Å². The number of nitrogens with two attached hydrogens (primary N) is 1. The van der Waals surface area contributed by atoms with Crippen LogP contribution in [0.3, 0.4) is 0 Å². The minimum atomic E-state index is 0.455. The van der Waals surface area contributed by atoms with Crippen molar-refractivity contribution in [2.45, 2.75) is 0 Å². The molecule has 0 atom stereocenters. The number of para-hydroxylation sites is 1. The number of hydrogen-bond acceptors (Lipinski definition) is 3. The van der Waals surface area contributed by atoms with E-state index >= 15 is 0 Å². The van der Waals surface area contributed by atoms with Crippen molar-refractivity contribution < 1.29 is 9.47 Å². The first kappa shape index (κ1) is 10.2. The lowest BCUT2D eigenvalue weighted by atomic mass is 10.3. The van der Waals surface area contributed by atoms with Gasteiger partial charge in [-0.3, -0.25) is 0 Å². The maximum absolute atomic E-state index is 5.87. The molecule has 0 heterocycles. The summed E-state index contributed by atoms with van der Waals surface area (Å²) in [4.78, 5) is 0. The molecule has 0 fully saturated rings. The van der Waals surface area contributed by atoms with E-state index in [-0.39, 0.29) is 0 Å². The standard InChI is InChI=1S/C9H12ClNO2/c1-12-9-7(10)3-2-4-8(9)13-6-5-11/h2-4H,5-6,11H2,1H3. The van der Waals surface area contributed by atoms with Crippen LogP contribution >= 0.6 is 11.6 Å². The van der Waals surface area contributed by atoms with Crippen LogP contribution in [0, 0.1) is 0 Å². The first-order valence-electron chi connectivity index (χ1n) is 3.95. The summed E-state index contributed by atoms with van der Waals surface area (Å²) in [7, 11) is 1.55. The van der Waals surface area contributed by atoms with Crippen molar-refractivity contribution in [2.24, 2.45) is 5.73 Å². The Labute approximate surface area is 82.4 Å². The van der Waals surface area contributed by atoms with Gasteiger partial charge in [-0.15, -0.1) is 0 Å². The number of halogens is 1. The second-order valence-corrected chi connectivity index (χ2v) is 2.82. The largest absolute Gasteiger partial charge is 0.491 e. The number of hydrogen-bond donors (Lipinski definition) is 1. The Balaban J connectivity index is 2.85. The molecule has 3 nitrogen and oxygen atoms in total. The third-order valence-electron chi connectivity index (χ3n) is 1.51. The molecule has 13 heavy (non-hydrogen) atoms. The van der Waals surface area contributed by atoms with E-state index in [0.29, 0.717) is 29.7 Å². The molecule has 72 valence electrons. The van der Waals surface area contributed by atoms with E-state index in [1.807, 2.05) is 0 Å². The van der Waals surface area contributed by atoms with Crippen LogP contribution in [-0.4, -0.2) is 20.3 Å². The SMILES string of the molecule is COc1c(Cl)cccc1OCCN. The second-order valence-electron chi connectivity index (χ2n) is 2.41. The molecule has 0 saturated carbocycles. The first-order chi connectivity index (χ1) is 6.29. The molecule has 1 aromatic rings. The van der Waals surface area contributed by atoms with Gasteiger partial charge < -0.3 is 15.2 Å². The van der Waals surface area contributed by atoms with Crippen LogP contribution in [0.5, 0.6) is 11.5 Å². The topological polar surface area (TPSA) is 44.5 Å². The highest BCUT2D eigenvalue weighted by Crippen LogP contribution is 2.34. The molecule has 1 aromatic carbocycles. The van der Waals surface area contributed by atoms with Gasteiger partial charge in [-0.05, 0) is 12.1 Å². The maximum atomic E-state index is 5.87. The Morgan fingerprint density at radius 1 is 1.46 bits per heavy atom. The van der Waals surface area contributed by atoms with Crippen molar-refractivity contribution >= 4 is 11.6 Å². The molecule has 0 spiro atoms. The highest BCUT2D eigenvalue weighted by Gasteiger charge is 2.07. The van der Waals surface area contributed by atoms with Gasteiger partial charge in [-0.1, -0.05) is 17.7 Å². The minimum Gasteiger partial charge on any atom is -0.491 e. The molecule has 0 unspecified atom stereocenters. The summed E-state index contributed by atoms with van der Waals surface area (Å²) >= 11 is 5.87. The van der Waals surface area contributed by atoms with E-state index < -0.39 is 0 Å². The van der Waals surface area contributed by atoms with Crippen molar-refractivity contribution in [3.05, 3.63) is 23.2 Å². The summed E-state index contributed by atoms with van der Waals surface area (Å²) in [6.07, 6.45) is 0. The number of ether oxygens (including phenoxy) is 2. The molecule has 0 radical (unpaired) electrons. The fourth-order valence-electron chi connectivity index (χ4n) is 0.970. The van der Waals surface area contributed by atoms with Crippen LogP contribution in [0.2, 0.25) is 5.02 Å². The van der Waals surface area contributed by atoms with E-state index in [0.717, 1.165) is 0 Å². The summed E-state index contributed by atoms with van der Waals surface area (Å²) in [5.74, 6) is 1.18. The zero-order valence-corrected chi connectivity index (χ0v) is 8.17. The number of benzene rings is 1. The molecule has 0 aromatic heterocycles. The Morgan fingerprint density at radius 3 is 2.85 bits per heavy atom.